The minimum Gasteiger partial charge on any atom is -0.503 e. The van der Waals surface area contributed by atoms with Crippen molar-refractivity contribution in [1.82, 2.24) is 4.90 Å². The topological polar surface area (TPSA) is 89.2 Å². The number of carbonyl (C=O) groups is 2. The van der Waals surface area contributed by atoms with E-state index in [1.165, 1.54) is 12.0 Å². The maximum atomic E-state index is 13.1. The van der Waals surface area contributed by atoms with Crippen LogP contribution in [-0.4, -0.2) is 48.6 Å². The molecule has 0 aliphatic carbocycles. The Hall–Kier alpha value is -3.06. The standard InChI is InChI=1S/C22H25NO6/c1-4-12-28-16-8-6-15(7-9-16)19-18(20(24)17-10-5-14(2)29-17)21(25)22(26)23(19)11-13-27-3/h5-10,19,25H,4,11-13H2,1-3H3. The van der Waals surface area contributed by atoms with Gasteiger partial charge >= 0.3 is 0 Å². The highest BCUT2D eigenvalue weighted by atomic mass is 16.5. The van der Waals surface area contributed by atoms with Crippen molar-refractivity contribution in [3.05, 3.63) is 64.8 Å². The lowest BCUT2D eigenvalue weighted by Crippen LogP contribution is -2.34. The lowest BCUT2D eigenvalue weighted by atomic mass is 9.95. The van der Waals surface area contributed by atoms with Crippen LogP contribution in [0.15, 0.2) is 52.1 Å². The van der Waals surface area contributed by atoms with E-state index in [4.69, 9.17) is 13.9 Å². The van der Waals surface area contributed by atoms with Crippen molar-refractivity contribution in [2.75, 3.05) is 26.9 Å². The molecule has 3 rings (SSSR count). The van der Waals surface area contributed by atoms with Gasteiger partial charge in [0.15, 0.2) is 11.5 Å². The number of aliphatic hydroxyl groups excluding tert-OH is 1. The first-order valence-electron chi connectivity index (χ1n) is 9.54. The molecule has 1 aromatic carbocycles. The lowest BCUT2D eigenvalue weighted by Gasteiger charge is -2.26. The number of aryl methyl sites for hydroxylation is 1. The Morgan fingerprint density at radius 3 is 2.48 bits per heavy atom. The first-order valence-corrected chi connectivity index (χ1v) is 9.54. The molecular formula is C22H25NO6. The summed E-state index contributed by atoms with van der Waals surface area (Å²) >= 11 is 0. The van der Waals surface area contributed by atoms with Crippen LogP contribution in [0.5, 0.6) is 5.75 Å². The van der Waals surface area contributed by atoms with Crippen LogP contribution in [0.4, 0.5) is 0 Å². The van der Waals surface area contributed by atoms with E-state index in [1.807, 2.05) is 6.92 Å². The minimum atomic E-state index is -0.740. The van der Waals surface area contributed by atoms with Crippen molar-refractivity contribution < 1.29 is 28.6 Å². The van der Waals surface area contributed by atoms with Crippen LogP contribution < -0.4 is 4.74 Å². The molecule has 1 amide bonds. The average molecular weight is 399 g/mol. The van der Waals surface area contributed by atoms with Gasteiger partial charge in [-0.25, -0.2) is 0 Å². The fourth-order valence-corrected chi connectivity index (χ4v) is 3.31. The molecule has 7 nitrogen and oxygen atoms in total. The molecule has 0 radical (unpaired) electrons. The summed E-state index contributed by atoms with van der Waals surface area (Å²) in [6, 6.07) is 9.63. The number of hydrogen-bond donors (Lipinski definition) is 1. The lowest BCUT2D eigenvalue weighted by molar-refractivity contribution is -0.130. The van der Waals surface area contributed by atoms with E-state index in [2.05, 4.69) is 0 Å². The van der Waals surface area contributed by atoms with Crippen LogP contribution in [0.25, 0.3) is 0 Å². The normalized spacial score (nSPS) is 16.6. The van der Waals surface area contributed by atoms with Gasteiger partial charge in [-0.1, -0.05) is 19.1 Å². The molecule has 1 N–H and O–H groups in total. The molecule has 2 heterocycles. The second kappa shape index (κ2) is 8.96. The van der Waals surface area contributed by atoms with Crippen LogP contribution in [0.2, 0.25) is 0 Å². The number of Topliss-reactive ketones (excluding diaryl/α,β-unsaturated/α-hetero) is 1. The van der Waals surface area contributed by atoms with E-state index in [-0.39, 0.29) is 24.5 Å². The number of amides is 1. The highest BCUT2D eigenvalue weighted by Gasteiger charge is 2.44. The van der Waals surface area contributed by atoms with Gasteiger partial charge in [0.25, 0.3) is 5.91 Å². The molecule has 154 valence electrons. The maximum absolute atomic E-state index is 13.1. The number of benzene rings is 1. The highest BCUT2D eigenvalue weighted by Crippen LogP contribution is 2.39. The smallest absolute Gasteiger partial charge is 0.290 e. The summed E-state index contributed by atoms with van der Waals surface area (Å²) in [5, 5.41) is 10.5. The predicted octanol–water partition coefficient (Wildman–Crippen LogP) is 3.60. The Balaban J connectivity index is 1.99. The first-order chi connectivity index (χ1) is 14.0. The van der Waals surface area contributed by atoms with Gasteiger partial charge in [0, 0.05) is 13.7 Å². The summed E-state index contributed by atoms with van der Waals surface area (Å²) in [6.45, 7) is 4.85. The number of nitrogens with zero attached hydrogens (tertiary/aromatic N) is 1. The number of ketones is 1. The van der Waals surface area contributed by atoms with Gasteiger partial charge in [-0.3, -0.25) is 9.59 Å². The molecule has 1 aliphatic heterocycles. The van der Waals surface area contributed by atoms with Crippen LogP contribution in [0.3, 0.4) is 0 Å². The van der Waals surface area contributed by atoms with E-state index in [0.29, 0.717) is 23.7 Å². The van der Waals surface area contributed by atoms with Crippen molar-refractivity contribution in [3.8, 4) is 5.75 Å². The Labute approximate surface area is 169 Å². The number of aliphatic hydroxyl groups is 1. The van der Waals surface area contributed by atoms with Gasteiger partial charge in [-0.2, -0.15) is 0 Å². The molecule has 0 bridgehead atoms. The molecule has 0 fully saturated rings. The van der Waals surface area contributed by atoms with Gasteiger partial charge in [-0.15, -0.1) is 0 Å². The molecule has 2 aromatic rings. The van der Waals surface area contributed by atoms with Crippen molar-refractivity contribution >= 4 is 11.7 Å². The summed E-state index contributed by atoms with van der Waals surface area (Å²) in [4.78, 5) is 27.2. The summed E-state index contributed by atoms with van der Waals surface area (Å²) in [7, 11) is 1.53. The van der Waals surface area contributed by atoms with Gasteiger partial charge in [0.1, 0.15) is 11.5 Å². The van der Waals surface area contributed by atoms with Crippen molar-refractivity contribution in [3.63, 3.8) is 0 Å². The number of ether oxygens (including phenoxy) is 2. The van der Waals surface area contributed by atoms with E-state index in [9.17, 15) is 14.7 Å². The second-order valence-electron chi connectivity index (χ2n) is 6.81. The summed E-state index contributed by atoms with van der Waals surface area (Å²) in [5.74, 6) is -0.325. The van der Waals surface area contributed by atoms with E-state index in [1.54, 1.807) is 43.3 Å². The highest BCUT2D eigenvalue weighted by molar-refractivity contribution is 6.15. The molecule has 0 saturated heterocycles. The second-order valence-corrected chi connectivity index (χ2v) is 6.81. The minimum absolute atomic E-state index is 0.00248. The molecule has 1 unspecified atom stereocenters. The third-order valence-electron chi connectivity index (χ3n) is 4.72. The molecule has 7 heteroatoms. The third kappa shape index (κ3) is 4.19. The van der Waals surface area contributed by atoms with Crippen LogP contribution in [0, 0.1) is 6.92 Å². The van der Waals surface area contributed by atoms with Gasteiger partial charge < -0.3 is 23.9 Å². The van der Waals surface area contributed by atoms with Gasteiger partial charge in [0.05, 0.1) is 24.8 Å². The monoisotopic (exact) mass is 399 g/mol. The molecule has 1 atom stereocenters. The van der Waals surface area contributed by atoms with Gasteiger partial charge in [-0.05, 0) is 43.2 Å². The molecular weight excluding hydrogens is 374 g/mol. The summed E-state index contributed by atoms with van der Waals surface area (Å²) in [5.41, 5.74) is 0.691. The Kier molecular flexibility index (Phi) is 6.39. The Bertz CT molecular complexity index is 912. The van der Waals surface area contributed by atoms with Crippen LogP contribution >= 0.6 is 0 Å². The molecule has 1 aromatic heterocycles. The largest absolute Gasteiger partial charge is 0.503 e. The van der Waals surface area contributed by atoms with Crippen LogP contribution in [0.1, 0.15) is 41.3 Å². The van der Waals surface area contributed by atoms with Crippen LogP contribution in [-0.2, 0) is 9.53 Å². The number of methoxy groups -OCH3 is 1. The fourth-order valence-electron chi connectivity index (χ4n) is 3.31. The molecule has 29 heavy (non-hydrogen) atoms. The first kappa shape index (κ1) is 20.7. The fraction of sp³-hybridized carbons (Fsp3) is 0.364. The third-order valence-corrected chi connectivity index (χ3v) is 4.72. The Morgan fingerprint density at radius 1 is 1.17 bits per heavy atom. The van der Waals surface area contributed by atoms with Gasteiger partial charge in [0.2, 0.25) is 5.78 Å². The molecule has 0 spiro atoms. The van der Waals surface area contributed by atoms with E-state index >= 15 is 0 Å². The SMILES string of the molecule is CCCOc1ccc(C2C(C(=O)c3ccc(C)o3)=C(O)C(=O)N2CCOC)cc1. The van der Waals surface area contributed by atoms with E-state index < -0.39 is 23.5 Å². The Morgan fingerprint density at radius 2 is 1.90 bits per heavy atom. The van der Waals surface area contributed by atoms with Crippen molar-refractivity contribution in [1.29, 1.82) is 0 Å². The number of hydrogen-bond acceptors (Lipinski definition) is 6. The predicted molar refractivity (Wildman–Crippen MR) is 106 cm³/mol. The number of furan rings is 1. The zero-order chi connectivity index (χ0) is 21.0. The quantitative estimate of drug-likeness (QED) is 0.648. The number of rotatable bonds is 9. The zero-order valence-electron chi connectivity index (χ0n) is 16.8. The summed E-state index contributed by atoms with van der Waals surface area (Å²) in [6.07, 6.45) is 0.890. The van der Waals surface area contributed by atoms with Crippen molar-refractivity contribution in [2.45, 2.75) is 26.3 Å². The molecule has 1 aliphatic rings. The maximum Gasteiger partial charge on any atom is 0.290 e. The molecule has 0 saturated carbocycles. The number of carbonyl (C=O) groups excluding carboxylic acids is 2. The summed E-state index contributed by atoms with van der Waals surface area (Å²) < 4.78 is 16.1. The average Bonchev–Trinajstić information content (AvgIpc) is 3.27. The van der Waals surface area contributed by atoms with Crippen molar-refractivity contribution in [2.24, 2.45) is 0 Å². The zero-order valence-corrected chi connectivity index (χ0v) is 16.8. The van der Waals surface area contributed by atoms with E-state index in [0.717, 1.165) is 6.42 Å².